The van der Waals surface area contributed by atoms with Crippen molar-refractivity contribution < 1.29 is 19.8 Å². The summed E-state index contributed by atoms with van der Waals surface area (Å²) in [6.07, 6.45) is 0. The summed E-state index contributed by atoms with van der Waals surface area (Å²) >= 11 is 0. The average Bonchev–Trinajstić information content (AvgIpc) is 2.38. The van der Waals surface area contributed by atoms with Crippen LogP contribution in [-0.2, 0) is 0 Å². The SMILES string of the molecule is O=C(O)c1ccccc1C(=O)c1cccc(O)c1. The summed E-state index contributed by atoms with van der Waals surface area (Å²) in [6, 6.07) is 11.8. The minimum absolute atomic E-state index is 0.0337. The second-order valence-corrected chi connectivity index (χ2v) is 3.73. The van der Waals surface area contributed by atoms with Crippen molar-refractivity contribution >= 4 is 11.8 Å². The molecule has 0 aliphatic rings. The molecule has 0 aliphatic carbocycles. The van der Waals surface area contributed by atoms with Crippen molar-refractivity contribution in [1.29, 1.82) is 0 Å². The first kappa shape index (κ1) is 11.9. The summed E-state index contributed by atoms with van der Waals surface area (Å²) in [5, 5.41) is 18.3. The largest absolute Gasteiger partial charge is 0.508 e. The summed E-state index contributed by atoms with van der Waals surface area (Å²) in [5.41, 5.74) is 0.310. The fourth-order valence-electron chi connectivity index (χ4n) is 1.67. The third-order valence-electron chi connectivity index (χ3n) is 2.51. The maximum Gasteiger partial charge on any atom is 0.336 e. The van der Waals surface area contributed by atoms with Crippen molar-refractivity contribution in [2.24, 2.45) is 0 Å². The molecule has 0 saturated carbocycles. The molecule has 0 saturated heterocycles. The van der Waals surface area contributed by atoms with Gasteiger partial charge in [-0.15, -0.1) is 0 Å². The Balaban J connectivity index is 2.50. The summed E-state index contributed by atoms with van der Waals surface area (Å²) < 4.78 is 0. The third-order valence-corrected chi connectivity index (χ3v) is 2.51. The zero-order valence-corrected chi connectivity index (χ0v) is 9.33. The van der Waals surface area contributed by atoms with Gasteiger partial charge in [-0.3, -0.25) is 4.79 Å². The highest BCUT2D eigenvalue weighted by Gasteiger charge is 2.17. The number of aromatic carboxylic acids is 1. The molecule has 0 spiro atoms. The molecule has 2 rings (SSSR count). The number of ketones is 1. The molecule has 2 aromatic carbocycles. The fraction of sp³-hybridized carbons (Fsp3) is 0. The van der Waals surface area contributed by atoms with Gasteiger partial charge >= 0.3 is 5.97 Å². The predicted molar refractivity (Wildman–Crippen MR) is 64.9 cm³/mol. The first-order valence-electron chi connectivity index (χ1n) is 5.25. The van der Waals surface area contributed by atoms with E-state index in [4.69, 9.17) is 5.11 Å². The predicted octanol–water partition coefficient (Wildman–Crippen LogP) is 2.32. The van der Waals surface area contributed by atoms with Gasteiger partial charge < -0.3 is 10.2 Å². The van der Waals surface area contributed by atoms with E-state index < -0.39 is 11.8 Å². The highest BCUT2D eigenvalue weighted by atomic mass is 16.4. The Bertz CT molecular complexity index is 617. The van der Waals surface area contributed by atoms with Crippen LogP contribution in [0.4, 0.5) is 0 Å². The highest BCUT2D eigenvalue weighted by molar-refractivity contribution is 6.14. The molecule has 0 heterocycles. The molecule has 0 aromatic heterocycles. The standard InChI is InChI=1S/C14H10O4/c15-10-5-3-4-9(8-10)13(16)11-6-1-2-7-12(11)14(17)18/h1-8,15H,(H,17,18). The summed E-state index contributed by atoms with van der Waals surface area (Å²) in [6.45, 7) is 0. The van der Waals surface area contributed by atoms with Crippen molar-refractivity contribution in [2.45, 2.75) is 0 Å². The number of carbonyl (C=O) groups excluding carboxylic acids is 1. The first-order chi connectivity index (χ1) is 8.59. The highest BCUT2D eigenvalue weighted by Crippen LogP contribution is 2.18. The zero-order valence-electron chi connectivity index (χ0n) is 9.33. The molecule has 0 amide bonds. The molecular weight excluding hydrogens is 232 g/mol. The van der Waals surface area contributed by atoms with E-state index in [1.54, 1.807) is 12.1 Å². The van der Waals surface area contributed by atoms with Crippen LogP contribution in [0, 0.1) is 0 Å². The van der Waals surface area contributed by atoms with E-state index in [0.29, 0.717) is 0 Å². The zero-order chi connectivity index (χ0) is 13.1. The number of carboxylic acid groups (broad SMARTS) is 1. The Labute approximate surface area is 103 Å². The number of phenolic OH excluding ortho intramolecular Hbond substituents is 1. The summed E-state index contributed by atoms with van der Waals surface area (Å²) in [7, 11) is 0. The molecule has 0 unspecified atom stereocenters. The van der Waals surface area contributed by atoms with Gasteiger partial charge in [0.2, 0.25) is 0 Å². The Morgan fingerprint density at radius 2 is 1.56 bits per heavy atom. The quantitative estimate of drug-likeness (QED) is 0.810. The Morgan fingerprint density at radius 1 is 0.889 bits per heavy atom. The van der Waals surface area contributed by atoms with Crippen LogP contribution in [0.5, 0.6) is 5.75 Å². The Kier molecular flexibility index (Phi) is 3.10. The van der Waals surface area contributed by atoms with Gasteiger partial charge in [0.25, 0.3) is 0 Å². The van der Waals surface area contributed by atoms with Gasteiger partial charge in [-0.25, -0.2) is 4.79 Å². The van der Waals surface area contributed by atoms with Gasteiger partial charge in [0.05, 0.1) is 5.56 Å². The molecule has 0 aliphatic heterocycles. The van der Waals surface area contributed by atoms with Gasteiger partial charge in [0.1, 0.15) is 5.75 Å². The monoisotopic (exact) mass is 242 g/mol. The summed E-state index contributed by atoms with van der Waals surface area (Å²) in [4.78, 5) is 23.2. The Hall–Kier alpha value is -2.62. The lowest BCUT2D eigenvalue weighted by Crippen LogP contribution is -2.09. The van der Waals surface area contributed by atoms with Crippen LogP contribution in [-0.4, -0.2) is 22.0 Å². The van der Waals surface area contributed by atoms with Gasteiger partial charge in [-0.05, 0) is 18.2 Å². The number of carbonyl (C=O) groups is 2. The van der Waals surface area contributed by atoms with Crippen LogP contribution in [0.25, 0.3) is 0 Å². The van der Waals surface area contributed by atoms with E-state index >= 15 is 0 Å². The van der Waals surface area contributed by atoms with Crippen LogP contribution in [0.15, 0.2) is 48.5 Å². The smallest absolute Gasteiger partial charge is 0.336 e. The number of benzene rings is 2. The third kappa shape index (κ3) is 2.22. The molecule has 4 heteroatoms. The molecule has 18 heavy (non-hydrogen) atoms. The molecule has 0 fully saturated rings. The second kappa shape index (κ2) is 4.71. The van der Waals surface area contributed by atoms with Crippen molar-refractivity contribution in [3.8, 4) is 5.75 Å². The first-order valence-corrected chi connectivity index (χ1v) is 5.25. The van der Waals surface area contributed by atoms with Gasteiger partial charge in [0.15, 0.2) is 5.78 Å². The number of hydrogen-bond donors (Lipinski definition) is 2. The van der Waals surface area contributed by atoms with E-state index in [-0.39, 0.29) is 22.4 Å². The van der Waals surface area contributed by atoms with Gasteiger partial charge in [-0.1, -0.05) is 30.3 Å². The molecule has 0 atom stereocenters. The van der Waals surface area contributed by atoms with Crippen molar-refractivity contribution in [3.63, 3.8) is 0 Å². The van der Waals surface area contributed by atoms with Crippen molar-refractivity contribution in [2.75, 3.05) is 0 Å². The maximum atomic E-state index is 12.1. The number of aromatic hydroxyl groups is 1. The van der Waals surface area contributed by atoms with Crippen LogP contribution < -0.4 is 0 Å². The Morgan fingerprint density at radius 3 is 2.17 bits per heavy atom. The maximum absolute atomic E-state index is 12.1. The van der Waals surface area contributed by atoms with Crippen LogP contribution >= 0.6 is 0 Å². The lowest BCUT2D eigenvalue weighted by Gasteiger charge is -2.05. The van der Waals surface area contributed by atoms with E-state index in [1.807, 2.05) is 0 Å². The van der Waals surface area contributed by atoms with E-state index in [2.05, 4.69) is 0 Å². The topological polar surface area (TPSA) is 74.6 Å². The van der Waals surface area contributed by atoms with Crippen LogP contribution in [0.3, 0.4) is 0 Å². The van der Waals surface area contributed by atoms with Gasteiger partial charge in [0, 0.05) is 11.1 Å². The molecule has 2 N–H and O–H groups in total. The van der Waals surface area contributed by atoms with Crippen LogP contribution in [0.2, 0.25) is 0 Å². The molecule has 90 valence electrons. The minimum Gasteiger partial charge on any atom is -0.508 e. The molecule has 0 radical (unpaired) electrons. The molecular formula is C14H10O4. The number of phenols is 1. The number of carboxylic acids is 1. The fourth-order valence-corrected chi connectivity index (χ4v) is 1.67. The second-order valence-electron chi connectivity index (χ2n) is 3.73. The lowest BCUT2D eigenvalue weighted by molar-refractivity contribution is 0.0693. The number of rotatable bonds is 3. The number of hydrogen-bond acceptors (Lipinski definition) is 3. The van der Waals surface area contributed by atoms with E-state index in [9.17, 15) is 14.7 Å². The van der Waals surface area contributed by atoms with E-state index in [1.165, 1.54) is 36.4 Å². The lowest BCUT2D eigenvalue weighted by atomic mass is 9.98. The normalized spacial score (nSPS) is 10.0. The van der Waals surface area contributed by atoms with Crippen LogP contribution in [0.1, 0.15) is 26.3 Å². The van der Waals surface area contributed by atoms with Crippen molar-refractivity contribution in [3.05, 3.63) is 65.2 Å². The van der Waals surface area contributed by atoms with Crippen molar-refractivity contribution in [1.82, 2.24) is 0 Å². The van der Waals surface area contributed by atoms with Gasteiger partial charge in [-0.2, -0.15) is 0 Å². The average molecular weight is 242 g/mol. The molecule has 2 aromatic rings. The minimum atomic E-state index is -1.15. The molecule has 4 nitrogen and oxygen atoms in total. The van der Waals surface area contributed by atoms with E-state index in [0.717, 1.165) is 0 Å². The molecule has 0 bridgehead atoms. The summed E-state index contributed by atoms with van der Waals surface area (Å²) in [5.74, 6) is -1.61.